The molecule has 5 heteroatoms. The Hall–Kier alpha value is -1.49. The summed E-state index contributed by atoms with van der Waals surface area (Å²) in [5, 5.41) is 12.4. The Morgan fingerprint density at radius 2 is 2.17 bits per heavy atom. The van der Waals surface area contributed by atoms with Gasteiger partial charge in [0.05, 0.1) is 6.20 Å². The first-order valence-electron chi connectivity index (χ1n) is 6.49. The van der Waals surface area contributed by atoms with Crippen LogP contribution < -0.4 is 5.32 Å². The number of carbonyl (C=O) groups excluding carboxylic acids is 1. The van der Waals surface area contributed by atoms with Crippen LogP contribution in [0.3, 0.4) is 0 Å². The third kappa shape index (κ3) is 3.26. The molecular formula is C13H19N3O2. The lowest BCUT2D eigenvalue weighted by Gasteiger charge is -2.24. The van der Waals surface area contributed by atoms with Crippen LogP contribution in [0.5, 0.6) is 0 Å². The summed E-state index contributed by atoms with van der Waals surface area (Å²) in [6, 6.07) is 0.0482. The molecule has 1 amide bonds. The van der Waals surface area contributed by atoms with Crippen LogP contribution in [0, 0.1) is 5.92 Å². The highest BCUT2D eigenvalue weighted by Gasteiger charge is 2.25. The van der Waals surface area contributed by atoms with Gasteiger partial charge in [-0.15, -0.1) is 0 Å². The summed E-state index contributed by atoms with van der Waals surface area (Å²) >= 11 is 0. The summed E-state index contributed by atoms with van der Waals surface area (Å²) in [6.07, 6.45) is 9.81. The molecule has 0 spiro atoms. The topological polar surface area (TPSA) is 75.1 Å². The van der Waals surface area contributed by atoms with Gasteiger partial charge in [0.15, 0.2) is 0 Å². The second-order valence-corrected chi connectivity index (χ2v) is 4.75. The van der Waals surface area contributed by atoms with Gasteiger partial charge in [-0.2, -0.15) is 0 Å². The van der Waals surface area contributed by atoms with Gasteiger partial charge in [0.1, 0.15) is 5.69 Å². The van der Waals surface area contributed by atoms with E-state index in [1.807, 2.05) is 0 Å². The van der Waals surface area contributed by atoms with E-state index in [0.717, 1.165) is 25.7 Å². The number of hydrogen-bond acceptors (Lipinski definition) is 4. The lowest BCUT2D eigenvalue weighted by Crippen LogP contribution is -2.41. The Morgan fingerprint density at radius 1 is 1.33 bits per heavy atom. The number of carbonyl (C=O) groups is 1. The van der Waals surface area contributed by atoms with Crippen molar-refractivity contribution in [3.05, 3.63) is 24.3 Å². The predicted octanol–water partition coefficient (Wildman–Crippen LogP) is 1.15. The average molecular weight is 249 g/mol. The van der Waals surface area contributed by atoms with Gasteiger partial charge in [0.2, 0.25) is 0 Å². The third-order valence-corrected chi connectivity index (χ3v) is 3.51. The fourth-order valence-corrected chi connectivity index (χ4v) is 2.45. The van der Waals surface area contributed by atoms with Gasteiger partial charge >= 0.3 is 0 Å². The summed E-state index contributed by atoms with van der Waals surface area (Å²) in [5.41, 5.74) is 0.332. The second-order valence-electron chi connectivity index (χ2n) is 4.75. The summed E-state index contributed by atoms with van der Waals surface area (Å²) in [5.74, 6) is -0.0402. The van der Waals surface area contributed by atoms with Crippen molar-refractivity contribution in [3.63, 3.8) is 0 Å². The zero-order chi connectivity index (χ0) is 12.8. The molecule has 2 atom stereocenters. The van der Waals surface area contributed by atoms with E-state index in [-0.39, 0.29) is 24.5 Å². The summed E-state index contributed by atoms with van der Waals surface area (Å²) in [6.45, 7) is 0.130. The van der Waals surface area contributed by atoms with Crippen LogP contribution in [-0.4, -0.2) is 33.6 Å². The number of aliphatic hydroxyl groups excluding tert-OH is 1. The van der Waals surface area contributed by atoms with Crippen molar-refractivity contribution in [2.45, 2.75) is 38.1 Å². The Labute approximate surface area is 107 Å². The molecule has 1 aromatic heterocycles. The maximum absolute atomic E-state index is 12.0. The zero-order valence-corrected chi connectivity index (χ0v) is 10.4. The molecule has 5 nitrogen and oxygen atoms in total. The monoisotopic (exact) mass is 249 g/mol. The molecule has 0 aromatic carbocycles. The third-order valence-electron chi connectivity index (χ3n) is 3.51. The second kappa shape index (κ2) is 6.44. The molecule has 1 heterocycles. The molecule has 1 aliphatic rings. The summed E-state index contributed by atoms with van der Waals surface area (Å²) in [4.78, 5) is 19.9. The van der Waals surface area contributed by atoms with Gasteiger partial charge in [0.25, 0.3) is 5.91 Å². The van der Waals surface area contributed by atoms with Crippen LogP contribution in [0.1, 0.15) is 42.6 Å². The smallest absolute Gasteiger partial charge is 0.271 e. The molecular weight excluding hydrogens is 230 g/mol. The Morgan fingerprint density at radius 3 is 2.89 bits per heavy atom. The standard InChI is InChI=1S/C13H19N3O2/c17-9-10-4-2-1-3-5-11(10)16-13(18)12-8-14-6-7-15-12/h6-8,10-11,17H,1-5,9H2,(H,16,18). The molecule has 2 rings (SSSR count). The van der Waals surface area contributed by atoms with Gasteiger partial charge in [-0.05, 0) is 12.8 Å². The zero-order valence-electron chi connectivity index (χ0n) is 10.4. The van der Waals surface area contributed by atoms with E-state index in [4.69, 9.17) is 0 Å². The van der Waals surface area contributed by atoms with Gasteiger partial charge in [-0.25, -0.2) is 4.98 Å². The van der Waals surface area contributed by atoms with Crippen LogP contribution in [0.4, 0.5) is 0 Å². The number of hydrogen-bond donors (Lipinski definition) is 2. The number of amides is 1. The summed E-state index contributed by atoms with van der Waals surface area (Å²) in [7, 11) is 0. The molecule has 1 saturated carbocycles. The molecule has 0 bridgehead atoms. The van der Waals surface area contributed by atoms with E-state index in [9.17, 15) is 9.90 Å². The minimum absolute atomic E-state index is 0.0482. The highest BCUT2D eigenvalue weighted by atomic mass is 16.3. The average Bonchev–Trinajstić information content (AvgIpc) is 2.64. The number of nitrogens with one attached hydrogen (secondary N) is 1. The fraction of sp³-hybridized carbons (Fsp3) is 0.615. The lowest BCUT2D eigenvalue weighted by molar-refractivity contribution is 0.0894. The lowest BCUT2D eigenvalue weighted by atomic mass is 9.95. The van der Waals surface area contributed by atoms with E-state index < -0.39 is 0 Å². The van der Waals surface area contributed by atoms with E-state index in [1.54, 1.807) is 6.20 Å². The Balaban J connectivity index is 2.00. The maximum Gasteiger partial charge on any atom is 0.271 e. The number of nitrogens with zero attached hydrogens (tertiary/aromatic N) is 2. The van der Waals surface area contributed by atoms with Crippen molar-refractivity contribution < 1.29 is 9.90 Å². The largest absolute Gasteiger partial charge is 0.396 e. The van der Waals surface area contributed by atoms with E-state index in [0.29, 0.717) is 5.69 Å². The first-order chi connectivity index (χ1) is 8.81. The van der Waals surface area contributed by atoms with Crippen molar-refractivity contribution in [1.29, 1.82) is 0 Å². The maximum atomic E-state index is 12.0. The van der Waals surface area contributed by atoms with Gasteiger partial charge in [-0.1, -0.05) is 19.3 Å². The molecule has 0 aliphatic heterocycles. The van der Waals surface area contributed by atoms with Crippen molar-refractivity contribution in [1.82, 2.24) is 15.3 Å². The molecule has 0 radical (unpaired) electrons. The van der Waals surface area contributed by atoms with E-state index in [2.05, 4.69) is 15.3 Å². The Kier molecular flexibility index (Phi) is 4.64. The van der Waals surface area contributed by atoms with E-state index >= 15 is 0 Å². The highest BCUT2D eigenvalue weighted by Crippen LogP contribution is 2.23. The van der Waals surface area contributed by atoms with Gasteiger partial charge < -0.3 is 10.4 Å². The van der Waals surface area contributed by atoms with Crippen LogP contribution in [0.15, 0.2) is 18.6 Å². The minimum Gasteiger partial charge on any atom is -0.396 e. The Bertz CT molecular complexity index is 383. The number of aromatic nitrogens is 2. The fourth-order valence-electron chi connectivity index (χ4n) is 2.45. The number of aliphatic hydroxyl groups is 1. The molecule has 0 saturated heterocycles. The van der Waals surface area contributed by atoms with Crippen molar-refractivity contribution >= 4 is 5.91 Å². The molecule has 2 N–H and O–H groups in total. The quantitative estimate of drug-likeness (QED) is 0.788. The van der Waals surface area contributed by atoms with Crippen LogP contribution in [0.2, 0.25) is 0 Å². The summed E-state index contributed by atoms with van der Waals surface area (Å²) < 4.78 is 0. The molecule has 18 heavy (non-hydrogen) atoms. The molecule has 98 valence electrons. The van der Waals surface area contributed by atoms with Crippen molar-refractivity contribution in [3.8, 4) is 0 Å². The van der Waals surface area contributed by atoms with Gasteiger partial charge in [-0.3, -0.25) is 9.78 Å². The highest BCUT2D eigenvalue weighted by molar-refractivity contribution is 5.92. The normalized spacial score (nSPS) is 24.3. The SMILES string of the molecule is O=C(NC1CCCCCC1CO)c1cnccn1. The molecule has 2 unspecified atom stereocenters. The first-order valence-corrected chi connectivity index (χ1v) is 6.49. The first kappa shape index (κ1) is 13.0. The van der Waals surface area contributed by atoms with Crippen LogP contribution in [0.25, 0.3) is 0 Å². The number of rotatable bonds is 3. The van der Waals surface area contributed by atoms with Crippen LogP contribution in [-0.2, 0) is 0 Å². The molecule has 1 aliphatic carbocycles. The van der Waals surface area contributed by atoms with Crippen molar-refractivity contribution in [2.75, 3.05) is 6.61 Å². The molecule has 1 fully saturated rings. The van der Waals surface area contributed by atoms with Crippen LogP contribution >= 0.6 is 0 Å². The van der Waals surface area contributed by atoms with Gasteiger partial charge in [0, 0.05) is 31.0 Å². The van der Waals surface area contributed by atoms with Crippen molar-refractivity contribution in [2.24, 2.45) is 5.92 Å². The minimum atomic E-state index is -0.201. The van der Waals surface area contributed by atoms with E-state index in [1.165, 1.54) is 18.8 Å². The predicted molar refractivity (Wildman–Crippen MR) is 66.9 cm³/mol. The molecule has 1 aromatic rings.